The summed E-state index contributed by atoms with van der Waals surface area (Å²) in [5, 5.41) is 0. The van der Waals surface area contributed by atoms with Crippen molar-refractivity contribution in [1.29, 1.82) is 0 Å². The molecule has 3 N–H and O–H groups in total. The summed E-state index contributed by atoms with van der Waals surface area (Å²) in [4.78, 5) is 1.19. The highest BCUT2D eigenvalue weighted by Crippen LogP contribution is 2.26. The van der Waals surface area contributed by atoms with Gasteiger partial charge in [0.25, 0.3) is 0 Å². The fraction of sp³-hybridized carbons (Fsp3) is 0.385. The molecule has 0 bridgehead atoms. The van der Waals surface area contributed by atoms with Gasteiger partial charge in [0.1, 0.15) is 16.4 Å². The van der Waals surface area contributed by atoms with Gasteiger partial charge in [0, 0.05) is 23.5 Å². The summed E-state index contributed by atoms with van der Waals surface area (Å²) in [5.41, 5.74) is 6.15. The number of aryl methyl sites for hydroxylation is 2. The molecule has 21 heavy (non-hydrogen) atoms. The number of hydrogen-bond acceptors (Lipinski definition) is 5. The van der Waals surface area contributed by atoms with Crippen molar-refractivity contribution in [3.8, 4) is 0 Å². The molecule has 0 aliphatic heterocycles. The Kier molecular flexibility index (Phi) is 5.11. The maximum absolute atomic E-state index is 12.4. The molecular formula is C13H17ClN2O3S2. The number of rotatable bonds is 6. The molecule has 0 saturated heterocycles. The Morgan fingerprint density at radius 3 is 2.62 bits per heavy atom. The summed E-state index contributed by atoms with van der Waals surface area (Å²) in [6, 6.07) is 3.69. The van der Waals surface area contributed by atoms with Gasteiger partial charge in [-0.1, -0.05) is 11.6 Å². The van der Waals surface area contributed by atoms with Gasteiger partial charge in [0.05, 0.1) is 4.34 Å². The van der Waals surface area contributed by atoms with Crippen LogP contribution in [0.25, 0.3) is 0 Å². The van der Waals surface area contributed by atoms with E-state index in [2.05, 4.69) is 4.72 Å². The largest absolute Gasteiger partial charge is 0.465 e. The van der Waals surface area contributed by atoms with Gasteiger partial charge in [-0.05, 0) is 32.4 Å². The first-order chi connectivity index (χ1) is 9.85. The van der Waals surface area contributed by atoms with Crippen LogP contribution in [0, 0.1) is 13.8 Å². The Hall–Kier alpha value is -0.860. The van der Waals surface area contributed by atoms with Gasteiger partial charge >= 0.3 is 0 Å². The summed E-state index contributed by atoms with van der Waals surface area (Å²) in [6.45, 7) is 3.76. The minimum absolute atomic E-state index is 0.125. The molecule has 0 aliphatic rings. The highest BCUT2D eigenvalue weighted by Gasteiger charge is 2.25. The van der Waals surface area contributed by atoms with E-state index in [1.807, 2.05) is 6.07 Å². The Morgan fingerprint density at radius 2 is 2.05 bits per heavy atom. The number of hydrogen-bond donors (Lipinski definition) is 2. The van der Waals surface area contributed by atoms with Crippen molar-refractivity contribution in [3.63, 3.8) is 0 Å². The van der Waals surface area contributed by atoms with Crippen molar-refractivity contribution in [1.82, 2.24) is 4.72 Å². The molecule has 0 saturated carbocycles. The quantitative estimate of drug-likeness (QED) is 0.840. The third-order valence-corrected chi connectivity index (χ3v) is 6.04. The average Bonchev–Trinajstić information content (AvgIpc) is 2.92. The molecule has 2 aromatic heterocycles. The van der Waals surface area contributed by atoms with E-state index in [0.29, 0.717) is 34.4 Å². The third-order valence-electron chi connectivity index (χ3n) is 3.09. The van der Waals surface area contributed by atoms with E-state index in [1.165, 1.54) is 11.3 Å². The van der Waals surface area contributed by atoms with Gasteiger partial charge in [0.15, 0.2) is 0 Å². The van der Waals surface area contributed by atoms with Crippen LogP contribution in [0.15, 0.2) is 21.4 Å². The average molecular weight is 349 g/mol. The molecule has 0 radical (unpaired) electrons. The maximum Gasteiger partial charge on any atom is 0.244 e. The van der Waals surface area contributed by atoms with Gasteiger partial charge in [-0.25, -0.2) is 13.1 Å². The zero-order chi connectivity index (χ0) is 15.6. The van der Waals surface area contributed by atoms with Gasteiger partial charge in [-0.15, -0.1) is 11.3 Å². The van der Waals surface area contributed by atoms with Crippen LogP contribution in [0.1, 0.15) is 22.0 Å². The number of sulfonamides is 1. The fourth-order valence-electron chi connectivity index (χ4n) is 2.16. The van der Waals surface area contributed by atoms with Gasteiger partial charge in [-0.2, -0.15) is 0 Å². The van der Waals surface area contributed by atoms with Gasteiger partial charge in [0.2, 0.25) is 10.0 Å². The molecule has 2 heterocycles. The molecule has 8 heteroatoms. The molecule has 0 spiro atoms. The predicted octanol–water partition coefficient (Wildman–Crippen LogP) is 2.59. The van der Waals surface area contributed by atoms with E-state index in [-0.39, 0.29) is 11.4 Å². The molecule has 0 unspecified atom stereocenters. The SMILES string of the molecule is Cc1oc(C)c(S(=O)(=O)NCCc2ccc(Cl)s2)c1CN. The van der Waals surface area contributed by atoms with Gasteiger partial charge in [-0.3, -0.25) is 0 Å². The second kappa shape index (κ2) is 6.50. The molecule has 2 rings (SSSR count). The Morgan fingerprint density at radius 1 is 1.33 bits per heavy atom. The second-order valence-electron chi connectivity index (χ2n) is 4.58. The number of nitrogens with two attached hydrogens (primary N) is 1. The molecule has 0 aliphatic carbocycles. The first-order valence-corrected chi connectivity index (χ1v) is 9.05. The first-order valence-electron chi connectivity index (χ1n) is 6.38. The summed E-state index contributed by atoms with van der Waals surface area (Å²) >= 11 is 7.28. The van der Waals surface area contributed by atoms with Crippen molar-refractivity contribution >= 4 is 33.0 Å². The molecule has 0 amide bonds. The van der Waals surface area contributed by atoms with Crippen molar-refractivity contribution in [3.05, 3.63) is 38.4 Å². The van der Waals surface area contributed by atoms with E-state index >= 15 is 0 Å². The minimum Gasteiger partial charge on any atom is -0.465 e. The number of halogens is 1. The molecule has 0 atom stereocenters. The Labute approximate surface area is 133 Å². The third kappa shape index (κ3) is 3.67. The van der Waals surface area contributed by atoms with Crippen LogP contribution in [0.4, 0.5) is 0 Å². The van der Waals surface area contributed by atoms with Crippen molar-refractivity contribution in [2.45, 2.75) is 31.7 Å². The Balaban J connectivity index is 2.12. The summed E-state index contributed by atoms with van der Waals surface area (Å²) in [7, 11) is -3.63. The smallest absolute Gasteiger partial charge is 0.244 e. The number of thiophene rings is 1. The molecule has 116 valence electrons. The zero-order valence-corrected chi connectivity index (χ0v) is 14.2. The zero-order valence-electron chi connectivity index (χ0n) is 11.8. The van der Waals surface area contributed by atoms with Crippen LogP contribution in [-0.4, -0.2) is 15.0 Å². The Bertz CT molecular complexity index is 735. The molecule has 0 aromatic carbocycles. The van der Waals surface area contributed by atoms with Crippen LogP contribution < -0.4 is 10.5 Å². The summed E-state index contributed by atoms with van der Waals surface area (Å²) in [6.07, 6.45) is 0.588. The lowest BCUT2D eigenvalue weighted by Gasteiger charge is -2.07. The lowest BCUT2D eigenvalue weighted by atomic mass is 10.2. The van der Waals surface area contributed by atoms with Crippen molar-refractivity contribution in [2.24, 2.45) is 5.73 Å². The summed E-state index contributed by atoms with van der Waals surface area (Å²) < 4.78 is 33.4. The van der Waals surface area contributed by atoms with Crippen LogP contribution in [-0.2, 0) is 23.0 Å². The monoisotopic (exact) mass is 348 g/mol. The molecule has 0 fully saturated rings. The summed E-state index contributed by atoms with van der Waals surface area (Å²) in [5.74, 6) is 0.903. The highest BCUT2D eigenvalue weighted by molar-refractivity contribution is 7.89. The highest BCUT2D eigenvalue weighted by atomic mass is 35.5. The van der Waals surface area contributed by atoms with E-state index in [4.69, 9.17) is 21.8 Å². The van der Waals surface area contributed by atoms with E-state index in [0.717, 1.165) is 4.88 Å². The van der Waals surface area contributed by atoms with E-state index in [9.17, 15) is 8.42 Å². The molecule has 5 nitrogen and oxygen atoms in total. The van der Waals surface area contributed by atoms with Crippen LogP contribution >= 0.6 is 22.9 Å². The lowest BCUT2D eigenvalue weighted by Crippen LogP contribution is -2.27. The standard InChI is InChI=1S/C13H17ClN2O3S2/c1-8-11(7-15)13(9(2)19-8)21(17,18)16-6-5-10-3-4-12(14)20-10/h3-4,16H,5-7,15H2,1-2H3. The first kappa shape index (κ1) is 16.5. The topological polar surface area (TPSA) is 85.3 Å². The predicted molar refractivity (Wildman–Crippen MR) is 84.3 cm³/mol. The lowest BCUT2D eigenvalue weighted by molar-refractivity contribution is 0.494. The van der Waals surface area contributed by atoms with Crippen LogP contribution in [0.2, 0.25) is 4.34 Å². The van der Waals surface area contributed by atoms with Crippen LogP contribution in [0.3, 0.4) is 0 Å². The van der Waals surface area contributed by atoms with Gasteiger partial charge < -0.3 is 10.2 Å². The van der Waals surface area contributed by atoms with E-state index < -0.39 is 10.0 Å². The van der Waals surface area contributed by atoms with Crippen molar-refractivity contribution < 1.29 is 12.8 Å². The number of nitrogens with one attached hydrogen (secondary N) is 1. The van der Waals surface area contributed by atoms with Crippen LogP contribution in [0.5, 0.6) is 0 Å². The van der Waals surface area contributed by atoms with Crippen molar-refractivity contribution in [2.75, 3.05) is 6.54 Å². The minimum atomic E-state index is -3.63. The second-order valence-corrected chi connectivity index (χ2v) is 8.08. The normalized spacial score (nSPS) is 12.0. The number of furan rings is 1. The fourth-order valence-corrected chi connectivity index (χ4v) is 4.74. The van der Waals surface area contributed by atoms with E-state index in [1.54, 1.807) is 19.9 Å². The molecular weight excluding hydrogens is 332 g/mol. The maximum atomic E-state index is 12.4. The molecule has 2 aromatic rings.